The van der Waals surface area contributed by atoms with Gasteiger partial charge in [-0.2, -0.15) is 0 Å². The van der Waals surface area contributed by atoms with E-state index in [4.69, 9.17) is 34.8 Å². The molecule has 0 radical (unpaired) electrons. The number of amides is 1. The lowest BCUT2D eigenvalue weighted by Crippen LogP contribution is -2.34. The summed E-state index contributed by atoms with van der Waals surface area (Å²) in [6, 6.07) is 0. The summed E-state index contributed by atoms with van der Waals surface area (Å²) in [5, 5.41) is 2.29. The average Bonchev–Trinajstić information content (AvgIpc) is 2.11. The van der Waals surface area contributed by atoms with E-state index >= 15 is 0 Å². The lowest BCUT2D eigenvalue weighted by Gasteiger charge is -2.09. The minimum absolute atomic E-state index is 0.0888. The molecule has 0 heterocycles. The van der Waals surface area contributed by atoms with E-state index in [2.05, 4.69) is 10.1 Å². The van der Waals surface area contributed by atoms with Crippen LogP contribution in [0.4, 0.5) is 0 Å². The van der Waals surface area contributed by atoms with Crippen LogP contribution in [0.2, 0.25) is 0 Å². The van der Waals surface area contributed by atoms with E-state index in [9.17, 15) is 9.59 Å². The highest BCUT2D eigenvalue weighted by Gasteiger charge is 2.29. The first-order valence-electron chi connectivity index (χ1n) is 4.06. The second-order valence-corrected chi connectivity index (χ2v) is 4.64. The van der Waals surface area contributed by atoms with Gasteiger partial charge in [0.1, 0.15) is 0 Å². The Hall–Kier alpha value is -0.450. The van der Waals surface area contributed by atoms with E-state index in [1.807, 2.05) is 0 Å². The van der Waals surface area contributed by atoms with Crippen molar-refractivity contribution in [1.29, 1.82) is 0 Å². The zero-order valence-corrected chi connectivity index (χ0v) is 10.2. The fourth-order valence-electron chi connectivity index (χ4n) is 0.597. The highest BCUT2D eigenvalue weighted by atomic mass is 35.6. The summed E-state index contributed by atoms with van der Waals surface area (Å²) in [7, 11) is 0. The summed E-state index contributed by atoms with van der Waals surface area (Å²) in [5.74, 6) is -1.23. The zero-order chi connectivity index (χ0) is 11.9. The van der Waals surface area contributed by atoms with Crippen molar-refractivity contribution < 1.29 is 14.3 Å². The van der Waals surface area contributed by atoms with Crippen molar-refractivity contribution >= 4 is 46.7 Å². The molecule has 0 rings (SSSR count). The molecule has 0 spiro atoms. The fourth-order valence-corrected chi connectivity index (χ4v) is 0.798. The van der Waals surface area contributed by atoms with E-state index in [1.54, 1.807) is 6.92 Å². The Bertz CT molecular complexity index is 260. The van der Waals surface area contributed by atoms with Crippen molar-refractivity contribution in [3.63, 3.8) is 0 Å². The van der Waals surface area contributed by atoms with Gasteiger partial charge in [-0.3, -0.25) is 4.79 Å². The molecule has 1 amide bonds. The van der Waals surface area contributed by atoms with Crippen LogP contribution in [0.15, 0.2) is 12.2 Å². The fraction of sp³-hybridized carbons (Fsp3) is 0.500. The first kappa shape index (κ1) is 14.6. The van der Waals surface area contributed by atoms with Crippen LogP contribution in [0.1, 0.15) is 6.92 Å². The number of nitrogens with one attached hydrogen (secondary N) is 1. The third kappa shape index (κ3) is 7.48. The molecule has 1 N–H and O–H groups in total. The van der Waals surface area contributed by atoms with Gasteiger partial charge in [-0.05, 0) is 6.92 Å². The number of esters is 1. The molecule has 0 saturated carbocycles. The Morgan fingerprint density at radius 3 is 2.47 bits per heavy atom. The summed E-state index contributed by atoms with van der Waals surface area (Å²) in [5.41, 5.74) is 0. The second kappa shape index (κ2) is 6.93. The van der Waals surface area contributed by atoms with E-state index in [-0.39, 0.29) is 6.54 Å². The van der Waals surface area contributed by atoms with Gasteiger partial charge in [0, 0.05) is 12.6 Å². The average molecular weight is 275 g/mol. The smallest absolute Gasteiger partial charge is 0.330 e. The number of alkyl halides is 3. The van der Waals surface area contributed by atoms with E-state index in [0.717, 1.165) is 0 Å². The molecule has 0 aromatic carbocycles. The van der Waals surface area contributed by atoms with Gasteiger partial charge < -0.3 is 10.1 Å². The molecule has 0 aliphatic carbocycles. The number of hydrogen-bond donors (Lipinski definition) is 1. The quantitative estimate of drug-likeness (QED) is 0.481. The van der Waals surface area contributed by atoms with Crippen molar-refractivity contribution in [2.45, 2.75) is 10.7 Å². The highest BCUT2D eigenvalue weighted by Crippen LogP contribution is 2.25. The maximum absolute atomic E-state index is 11.0. The van der Waals surface area contributed by atoms with Gasteiger partial charge in [0.05, 0.1) is 6.61 Å². The Kier molecular flexibility index (Phi) is 6.72. The number of carbonyl (C=O) groups excluding carboxylic acids is 2. The molecule has 7 heteroatoms. The van der Waals surface area contributed by atoms with Crippen LogP contribution in [0.25, 0.3) is 0 Å². The number of ether oxygens (including phenoxy) is 1. The van der Waals surface area contributed by atoms with Gasteiger partial charge in [0.2, 0.25) is 0 Å². The maximum Gasteiger partial charge on any atom is 0.330 e. The molecule has 0 atom stereocenters. The Morgan fingerprint density at radius 1 is 1.40 bits per heavy atom. The molecule has 0 fully saturated rings. The molecule has 0 aromatic heterocycles. The minimum Gasteiger partial charge on any atom is -0.463 e. The first-order valence-corrected chi connectivity index (χ1v) is 5.19. The van der Waals surface area contributed by atoms with Gasteiger partial charge >= 0.3 is 5.97 Å². The molecule has 0 aromatic rings. The third-order valence-electron chi connectivity index (χ3n) is 1.18. The van der Waals surface area contributed by atoms with Crippen molar-refractivity contribution in [3.8, 4) is 0 Å². The molecule has 0 aliphatic heterocycles. The zero-order valence-electron chi connectivity index (χ0n) is 7.93. The van der Waals surface area contributed by atoms with Crippen molar-refractivity contribution in [2.75, 3.05) is 13.2 Å². The molecule has 4 nitrogen and oxygen atoms in total. The van der Waals surface area contributed by atoms with E-state index in [0.29, 0.717) is 6.61 Å². The monoisotopic (exact) mass is 273 g/mol. The van der Waals surface area contributed by atoms with Crippen LogP contribution in [0, 0.1) is 0 Å². The summed E-state index contributed by atoms with van der Waals surface area (Å²) >= 11 is 15.8. The van der Waals surface area contributed by atoms with E-state index < -0.39 is 15.7 Å². The lowest BCUT2D eigenvalue weighted by atomic mass is 10.5. The number of halogens is 3. The molecule has 0 unspecified atom stereocenters. The van der Waals surface area contributed by atoms with Crippen LogP contribution in [0.5, 0.6) is 0 Å². The van der Waals surface area contributed by atoms with Crippen LogP contribution < -0.4 is 5.32 Å². The predicted molar refractivity (Wildman–Crippen MR) is 59.1 cm³/mol. The molecular formula is C8H10Cl3NO3. The molecule has 15 heavy (non-hydrogen) atoms. The summed E-state index contributed by atoms with van der Waals surface area (Å²) in [6.45, 7) is 2.07. The normalized spacial score (nSPS) is 11.5. The molecular weight excluding hydrogens is 264 g/mol. The topological polar surface area (TPSA) is 55.4 Å². The van der Waals surface area contributed by atoms with Crippen molar-refractivity contribution in [1.82, 2.24) is 5.32 Å². The largest absolute Gasteiger partial charge is 0.463 e. The third-order valence-corrected chi connectivity index (χ3v) is 1.69. The Labute approximate surface area is 103 Å². The molecule has 86 valence electrons. The number of hydrogen-bond acceptors (Lipinski definition) is 3. The number of carbonyl (C=O) groups is 2. The van der Waals surface area contributed by atoms with Gasteiger partial charge in [0.25, 0.3) is 9.70 Å². The SMILES string of the molecule is CCOC(=O)/C=C/CNC(=O)C(Cl)(Cl)Cl. The van der Waals surface area contributed by atoms with Gasteiger partial charge in [0.15, 0.2) is 0 Å². The van der Waals surface area contributed by atoms with Crippen molar-refractivity contribution in [2.24, 2.45) is 0 Å². The molecule has 0 saturated heterocycles. The van der Waals surface area contributed by atoms with Gasteiger partial charge in [-0.1, -0.05) is 40.9 Å². The van der Waals surface area contributed by atoms with E-state index in [1.165, 1.54) is 12.2 Å². The standard InChI is InChI=1S/C8H10Cl3NO3/c1-2-15-6(13)4-3-5-12-7(14)8(9,10)11/h3-4H,2,5H2,1H3,(H,12,14)/b4-3+. The van der Waals surface area contributed by atoms with Gasteiger partial charge in [-0.25, -0.2) is 4.79 Å². The second-order valence-electron chi connectivity index (χ2n) is 2.36. The Balaban J connectivity index is 3.80. The molecule has 0 bridgehead atoms. The van der Waals surface area contributed by atoms with Crippen LogP contribution in [0.3, 0.4) is 0 Å². The molecule has 0 aliphatic rings. The number of rotatable bonds is 4. The predicted octanol–water partition coefficient (Wildman–Crippen LogP) is 1.59. The summed E-state index contributed by atoms with van der Waals surface area (Å²) in [6.07, 6.45) is 2.58. The summed E-state index contributed by atoms with van der Waals surface area (Å²) in [4.78, 5) is 21.8. The van der Waals surface area contributed by atoms with Crippen LogP contribution >= 0.6 is 34.8 Å². The lowest BCUT2D eigenvalue weighted by molar-refractivity contribution is -0.137. The minimum atomic E-state index is -1.99. The maximum atomic E-state index is 11.0. The summed E-state index contributed by atoms with van der Waals surface area (Å²) < 4.78 is 2.61. The van der Waals surface area contributed by atoms with Crippen LogP contribution in [-0.2, 0) is 14.3 Å². The van der Waals surface area contributed by atoms with Crippen molar-refractivity contribution in [3.05, 3.63) is 12.2 Å². The van der Waals surface area contributed by atoms with Gasteiger partial charge in [-0.15, -0.1) is 0 Å². The Morgan fingerprint density at radius 2 is 2.00 bits per heavy atom. The first-order chi connectivity index (χ1) is 6.88. The van der Waals surface area contributed by atoms with Crippen LogP contribution in [-0.4, -0.2) is 28.8 Å². The highest BCUT2D eigenvalue weighted by molar-refractivity contribution is 6.76.